The number of hydrogen-bond donors (Lipinski definition) is 2. The molecule has 0 unspecified atom stereocenters. The molecule has 0 saturated carbocycles. The Morgan fingerprint density at radius 1 is 1.27 bits per heavy atom. The number of nitrogens with one attached hydrogen (secondary N) is 2. The van der Waals surface area contributed by atoms with Gasteiger partial charge in [-0.25, -0.2) is 4.39 Å². The van der Waals surface area contributed by atoms with Crippen molar-refractivity contribution >= 4 is 16.8 Å². The number of nitrogens with zero attached hydrogens (tertiary/aromatic N) is 2. The van der Waals surface area contributed by atoms with E-state index in [1.807, 2.05) is 25.3 Å². The van der Waals surface area contributed by atoms with Gasteiger partial charge in [-0.1, -0.05) is 12.5 Å². The van der Waals surface area contributed by atoms with Crippen molar-refractivity contribution in [1.82, 2.24) is 20.2 Å². The average molecular weight is 407 g/mol. The minimum atomic E-state index is -0.298. The number of carbonyl (C=O) groups excluding carboxylic acids is 1. The molecule has 3 aromatic rings. The number of rotatable bonds is 3. The van der Waals surface area contributed by atoms with E-state index in [0.29, 0.717) is 6.42 Å². The van der Waals surface area contributed by atoms with Gasteiger partial charge in [-0.05, 0) is 55.7 Å². The fourth-order valence-electron chi connectivity index (χ4n) is 5.38. The lowest BCUT2D eigenvalue weighted by Crippen LogP contribution is -2.52. The minimum absolute atomic E-state index is 0.139. The monoisotopic (exact) mass is 406 g/mol. The summed E-state index contributed by atoms with van der Waals surface area (Å²) >= 11 is 0. The van der Waals surface area contributed by atoms with Gasteiger partial charge in [0.05, 0.1) is 5.54 Å². The van der Waals surface area contributed by atoms with Crippen LogP contribution in [0.4, 0.5) is 4.39 Å². The molecule has 2 N–H and O–H groups in total. The van der Waals surface area contributed by atoms with Crippen molar-refractivity contribution in [2.24, 2.45) is 0 Å². The molecule has 1 amide bonds. The summed E-state index contributed by atoms with van der Waals surface area (Å²) in [6.07, 6.45) is 5.35. The molecule has 2 fully saturated rings. The Morgan fingerprint density at radius 3 is 3.00 bits per heavy atom. The second kappa shape index (κ2) is 7.51. The number of H-pyrrole nitrogens is 1. The van der Waals surface area contributed by atoms with E-state index in [1.165, 1.54) is 6.07 Å². The molecule has 2 aliphatic heterocycles. The smallest absolute Gasteiger partial charge is 0.220 e. The van der Waals surface area contributed by atoms with Crippen LogP contribution in [0.25, 0.3) is 10.9 Å². The van der Waals surface area contributed by atoms with Crippen molar-refractivity contribution in [2.75, 3.05) is 13.1 Å². The van der Waals surface area contributed by atoms with Crippen LogP contribution in [-0.2, 0) is 11.3 Å². The molecule has 5 nitrogen and oxygen atoms in total. The maximum atomic E-state index is 13.9. The van der Waals surface area contributed by atoms with E-state index < -0.39 is 0 Å². The predicted octanol–water partition coefficient (Wildman–Crippen LogP) is 4.04. The van der Waals surface area contributed by atoms with Crippen LogP contribution in [0.3, 0.4) is 0 Å². The first-order valence-electron chi connectivity index (χ1n) is 10.8. The molecule has 2 aromatic heterocycles. The number of benzene rings is 1. The van der Waals surface area contributed by atoms with Gasteiger partial charge in [-0.3, -0.25) is 14.7 Å². The van der Waals surface area contributed by atoms with Crippen molar-refractivity contribution in [2.45, 2.75) is 50.6 Å². The highest BCUT2D eigenvalue weighted by atomic mass is 19.1. The average Bonchev–Trinajstić information content (AvgIpc) is 3.16. The summed E-state index contributed by atoms with van der Waals surface area (Å²) in [5.74, 6) is 0.0617. The lowest BCUT2D eigenvalue weighted by molar-refractivity contribution is -0.122. The first kappa shape index (κ1) is 19.2. The summed E-state index contributed by atoms with van der Waals surface area (Å²) in [4.78, 5) is 22.9. The third-order valence-corrected chi connectivity index (χ3v) is 6.79. The van der Waals surface area contributed by atoms with Crippen LogP contribution in [0.15, 0.2) is 42.6 Å². The number of amides is 1. The molecule has 5 rings (SSSR count). The van der Waals surface area contributed by atoms with Gasteiger partial charge in [0.25, 0.3) is 0 Å². The molecule has 0 radical (unpaired) electrons. The van der Waals surface area contributed by atoms with E-state index >= 15 is 0 Å². The van der Waals surface area contributed by atoms with E-state index in [1.54, 1.807) is 12.1 Å². The highest BCUT2D eigenvalue weighted by Crippen LogP contribution is 2.41. The molecular formula is C24H27FN4O. The number of aromatic nitrogens is 2. The molecular weight excluding hydrogens is 379 g/mol. The summed E-state index contributed by atoms with van der Waals surface area (Å²) in [6.45, 7) is 4.36. The van der Waals surface area contributed by atoms with Crippen molar-refractivity contribution in [1.29, 1.82) is 0 Å². The van der Waals surface area contributed by atoms with Crippen LogP contribution in [0.1, 0.15) is 48.6 Å². The molecule has 156 valence electrons. The molecule has 6 heteroatoms. The molecule has 0 aliphatic carbocycles. The van der Waals surface area contributed by atoms with Crippen LogP contribution < -0.4 is 5.32 Å². The summed E-state index contributed by atoms with van der Waals surface area (Å²) in [7, 11) is 0. The molecule has 4 heterocycles. The van der Waals surface area contributed by atoms with Crippen LogP contribution in [-0.4, -0.2) is 39.4 Å². The fourth-order valence-corrected chi connectivity index (χ4v) is 5.38. The molecule has 1 aromatic carbocycles. The number of aromatic amines is 1. The zero-order valence-electron chi connectivity index (χ0n) is 17.2. The number of fused-ring (bicyclic) bond motifs is 1. The molecule has 2 saturated heterocycles. The van der Waals surface area contributed by atoms with E-state index in [9.17, 15) is 9.18 Å². The van der Waals surface area contributed by atoms with Crippen molar-refractivity contribution < 1.29 is 9.18 Å². The highest BCUT2D eigenvalue weighted by Gasteiger charge is 2.49. The van der Waals surface area contributed by atoms with E-state index in [0.717, 1.165) is 66.8 Å². The van der Waals surface area contributed by atoms with Gasteiger partial charge < -0.3 is 10.3 Å². The van der Waals surface area contributed by atoms with Gasteiger partial charge >= 0.3 is 0 Å². The maximum absolute atomic E-state index is 13.9. The Kier molecular flexibility index (Phi) is 4.82. The highest BCUT2D eigenvalue weighted by molar-refractivity contribution is 5.84. The lowest BCUT2D eigenvalue weighted by Gasteiger charge is -2.34. The van der Waals surface area contributed by atoms with Gasteiger partial charge in [0, 0.05) is 60.5 Å². The second-order valence-electron chi connectivity index (χ2n) is 8.81. The van der Waals surface area contributed by atoms with E-state index in [-0.39, 0.29) is 23.2 Å². The molecule has 0 bridgehead atoms. The summed E-state index contributed by atoms with van der Waals surface area (Å²) in [5.41, 5.74) is 3.88. The third-order valence-electron chi connectivity index (χ3n) is 6.79. The lowest BCUT2D eigenvalue weighted by atomic mass is 9.81. The number of hydrogen-bond acceptors (Lipinski definition) is 3. The maximum Gasteiger partial charge on any atom is 0.220 e. The largest absolute Gasteiger partial charge is 0.358 e. The summed E-state index contributed by atoms with van der Waals surface area (Å²) in [5, 5.41) is 4.32. The number of aryl methyl sites for hydroxylation is 1. The van der Waals surface area contributed by atoms with Gasteiger partial charge in [0.15, 0.2) is 0 Å². The van der Waals surface area contributed by atoms with Crippen molar-refractivity contribution in [3.8, 4) is 0 Å². The first-order chi connectivity index (χ1) is 14.5. The van der Waals surface area contributed by atoms with Gasteiger partial charge in [-0.2, -0.15) is 0 Å². The van der Waals surface area contributed by atoms with Crippen molar-refractivity contribution in [3.63, 3.8) is 0 Å². The van der Waals surface area contributed by atoms with Crippen LogP contribution in [0.5, 0.6) is 0 Å². The molecule has 30 heavy (non-hydrogen) atoms. The number of pyridine rings is 1. The third kappa shape index (κ3) is 3.39. The number of carbonyl (C=O) groups is 1. The zero-order chi connectivity index (χ0) is 20.7. The van der Waals surface area contributed by atoms with E-state index in [4.69, 9.17) is 0 Å². The number of halogens is 1. The Bertz CT molecular complexity index is 1080. The quantitative estimate of drug-likeness (QED) is 0.690. The summed E-state index contributed by atoms with van der Waals surface area (Å²) in [6, 6.07) is 10.9. The van der Waals surface area contributed by atoms with Gasteiger partial charge in [0.1, 0.15) is 5.82 Å². The Hall–Kier alpha value is -2.73. The van der Waals surface area contributed by atoms with E-state index in [2.05, 4.69) is 26.3 Å². The SMILES string of the molecule is Cc1[nH]c2ccc(F)cc2c1CN1C[C@@H](c2ccccn2)[C@@]2(CCCCC(=O)N2)C1. The van der Waals surface area contributed by atoms with Crippen LogP contribution in [0, 0.1) is 12.7 Å². The van der Waals surface area contributed by atoms with Gasteiger partial charge in [0.2, 0.25) is 5.91 Å². The Balaban J connectivity index is 1.50. The predicted molar refractivity (Wildman–Crippen MR) is 115 cm³/mol. The van der Waals surface area contributed by atoms with Crippen LogP contribution >= 0.6 is 0 Å². The van der Waals surface area contributed by atoms with Crippen LogP contribution in [0.2, 0.25) is 0 Å². The summed E-state index contributed by atoms with van der Waals surface area (Å²) < 4.78 is 13.9. The topological polar surface area (TPSA) is 61.0 Å². The Morgan fingerprint density at radius 2 is 2.17 bits per heavy atom. The molecule has 2 aliphatic rings. The first-order valence-corrected chi connectivity index (χ1v) is 10.8. The molecule has 2 atom stereocenters. The fraction of sp³-hybridized carbons (Fsp3) is 0.417. The zero-order valence-corrected chi connectivity index (χ0v) is 17.2. The molecule has 1 spiro atoms. The minimum Gasteiger partial charge on any atom is -0.358 e. The normalized spacial score (nSPS) is 25.0. The number of likely N-dealkylation sites (tertiary alicyclic amines) is 1. The Labute approximate surface area is 175 Å². The van der Waals surface area contributed by atoms with Gasteiger partial charge in [-0.15, -0.1) is 0 Å². The standard InChI is InChI=1S/C24H27FN4O/c1-16-19(18-12-17(25)8-9-21(18)27-16)13-29-14-20(22-6-3-5-11-26-22)24(15-29)10-4-2-7-23(30)28-24/h3,5-6,8-9,11-12,20,27H,2,4,7,10,13-15H2,1H3,(H,28,30)/t20-,24+/m0/s1. The second-order valence-corrected chi connectivity index (χ2v) is 8.81. The van der Waals surface area contributed by atoms with Crippen molar-refractivity contribution in [3.05, 3.63) is 65.4 Å².